The Morgan fingerprint density at radius 3 is 2.13 bits per heavy atom. The van der Waals surface area contributed by atoms with Crippen molar-refractivity contribution >= 4 is 5.78 Å². The Hall–Kier alpha value is -1.65. The molecule has 0 saturated carbocycles. The summed E-state index contributed by atoms with van der Waals surface area (Å²) in [6, 6.07) is 0.132. The van der Waals surface area contributed by atoms with E-state index in [0.717, 1.165) is 6.92 Å². The van der Waals surface area contributed by atoms with Crippen LogP contribution in [0.25, 0.3) is 0 Å². The van der Waals surface area contributed by atoms with E-state index in [1.54, 1.807) is 0 Å². The second kappa shape index (κ2) is 5.46. The third kappa shape index (κ3) is 2.93. The third-order valence-electron chi connectivity index (χ3n) is 3.68. The average molecular weight is 344 g/mol. The number of rotatable bonds is 2. The number of benzene rings is 1. The van der Waals surface area contributed by atoms with Crippen molar-refractivity contribution in [3.05, 3.63) is 34.4 Å². The van der Waals surface area contributed by atoms with Crippen molar-refractivity contribution in [2.45, 2.75) is 31.5 Å². The lowest BCUT2D eigenvalue weighted by Crippen LogP contribution is -2.28. The Morgan fingerprint density at radius 2 is 1.70 bits per heavy atom. The van der Waals surface area contributed by atoms with Crippen molar-refractivity contribution in [2.75, 3.05) is 0 Å². The highest BCUT2D eigenvalue weighted by Crippen LogP contribution is 2.47. The van der Waals surface area contributed by atoms with Crippen molar-refractivity contribution in [3.63, 3.8) is 0 Å². The van der Waals surface area contributed by atoms with Crippen LogP contribution >= 0.6 is 0 Å². The molecule has 128 valence electrons. The Bertz CT molecular complexity index is 637. The van der Waals surface area contributed by atoms with E-state index in [1.165, 1.54) is 0 Å². The van der Waals surface area contributed by atoms with Crippen LogP contribution in [-0.2, 0) is 17.2 Å². The molecule has 0 spiro atoms. The van der Waals surface area contributed by atoms with E-state index in [9.17, 15) is 36.2 Å². The molecule has 0 heterocycles. The van der Waals surface area contributed by atoms with Crippen molar-refractivity contribution in [1.29, 1.82) is 0 Å². The summed E-state index contributed by atoms with van der Waals surface area (Å²) >= 11 is 0. The number of ketones is 1. The van der Waals surface area contributed by atoms with Gasteiger partial charge in [0.25, 0.3) is 0 Å². The van der Waals surface area contributed by atoms with Gasteiger partial charge in [-0.2, -0.15) is 26.3 Å². The highest BCUT2D eigenvalue weighted by molar-refractivity contribution is 6.04. The first-order chi connectivity index (χ1) is 10.4. The molecule has 0 fully saturated rings. The molecule has 10 heteroatoms. The van der Waals surface area contributed by atoms with Crippen LogP contribution in [0.2, 0.25) is 0 Å². The molecule has 4 nitrogen and oxygen atoms in total. The first-order valence-electron chi connectivity index (χ1n) is 6.24. The molecule has 23 heavy (non-hydrogen) atoms. The minimum Gasteiger partial charge on any atom is -0.388 e. The molecule has 1 aliphatic rings. The number of hydrogen-bond donors (Lipinski definition) is 2. The van der Waals surface area contributed by atoms with Crippen LogP contribution in [-0.4, -0.2) is 22.3 Å². The Labute approximate surface area is 125 Å². The topological polar surface area (TPSA) is 66.8 Å². The predicted octanol–water partition coefficient (Wildman–Crippen LogP) is 3.45. The molecule has 0 radical (unpaired) electrons. The zero-order valence-electron chi connectivity index (χ0n) is 11.4. The summed E-state index contributed by atoms with van der Waals surface area (Å²) in [5.41, 5.74) is -5.23. The van der Waals surface area contributed by atoms with E-state index in [2.05, 4.69) is 4.89 Å². The molecule has 0 saturated heterocycles. The number of aliphatic hydroxyl groups is 1. The van der Waals surface area contributed by atoms with Crippen molar-refractivity contribution in [1.82, 2.24) is 0 Å². The number of carbonyl (C=O) groups excluding carboxylic acids is 1. The van der Waals surface area contributed by atoms with Gasteiger partial charge in [-0.3, -0.25) is 10.1 Å². The van der Waals surface area contributed by atoms with Gasteiger partial charge in [-0.15, -0.1) is 0 Å². The minimum absolute atomic E-state index is 0.170. The van der Waals surface area contributed by atoms with Crippen molar-refractivity contribution in [3.8, 4) is 0 Å². The maximum Gasteiger partial charge on any atom is 0.417 e. The molecular formula is C13H10F6O4. The lowest BCUT2D eigenvalue weighted by atomic mass is 9.96. The molecule has 1 aliphatic carbocycles. The molecule has 0 bridgehead atoms. The highest BCUT2D eigenvalue weighted by atomic mass is 19.4. The number of carbonyl (C=O) groups is 1. The van der Waals surface area contributed by atoms with Gasteiger partial charge in [0, 0.05) is 5.56 Å². The van der Waals surface area contributed by atoms with Crippen molar-refractivity contribution < 1.29 is 46.4 Å². The molecule has 0 aromatic heterocycles. The van der Waals surface area contributed by atoms with Crippen LogP contribution in [0.4, 0.5) is 26.3 Å². The summed E-state index contributed by atoms with van der Waals surface area (Å²) < 4.78 is 77.4. The number of alkyl halides is 6. The van der Waals surface area contributed by atoms with Gasteiger partial charge in [0.15, 0.2) is 5.78 Å². The number of aliphatic hydroxyl groups excluding tert-OH is 1. The molecule has 3 unspecified atom stereocenters. The smallest absolute Gasteiger partial charge is 0.388 e. The Kier molecular flexibility index (Phi) is 4.20. The van der Waals surface area contributed by atoms with Crippen LogP contribution < -0.4 is 0 Å². The lowest BCUT2D eigenvalue weighted by Gasteiger charge is -2.18. The zero-order chi connectivity index (χ0) is 17.7. The molecule has 0 amide bonds. The number of hydrogen-bond acceptors (Lipinski definition) is 4. The summed E-state index contributed by atoms with van der Waals surface area (Å²) in [7, 11) is 0. The molecular weight excluding hydrogens is 334 g/mol. The molecule has 2 rings (SSSR count). The normalized spacial score (nSPS) is 23.1. The Morgan fingerprint density at radius 1 is 1.13 bits per heavy atom. The largest absolute Gasteiger partial charge is 0.417 e. The zero-order valence-corrected chi connectivity index (χ0v) is 11.4. The first-order valence-corrected chi connectivity index (χ1v) is 6.24. The SMILES string of the molecule is CC(OO)C1C(=O)c2c(cc(C(F)(F)F)cc2C(F)(F)F)C1O. The summed E-state index contributed by atoms with van der Waals surface area (Å²) in [5, 5.41) is 18.5. The quantitative estimate of drug-likeness (QED) is 0.490. The number of fused-ring (bicyclic) bond motifs is 1. The fourth-order valence-electron chi connectivity index (χ4n) is 2.60. The van der Waals surface area contributed by atoms with E-state index in [1.807, 2.05) is 0 Å². The summed E-state index contributed by atoms with van der Waals surface area (Å²) in [4.78, 5) is 15.9. The maximum atomic E-state index is 13.0. The third-order valence-corrected chi connectivity index (χ3v) is 3.68. The van der Waals surface area contributed by atoms with E-state index < -0.39 is 58.5 Å². The fraction of sp³-hybridized carbons (Fsp3) is 0.462. The van der Waals surface area contributed by atoms with Crippen LogP contribution in [0.5, 0.6) is 0 Å². The second-order valence-corrected chi connectivity index (χ2v) is 5.13. The van der Waals surface area contributed by atoms with E-state index in [-0.39, 0.29) is 6.07 Å². The number of Topliss-reactive ketones (excluding diaryl/α,β-unsaturated/α-hetero) is 1. The summed E-state index contributed by atoms with van der Waals surface area (Å²) in [6.45, 7) is 1.09. The molecule has 1 aromatic carbocycles. The van der Waals surface area contributed by atoms with E-state index in [0.29, 0.717) is 6.07 Å². The summed E-state index contributed by atoms with van der Waals surface area (Å²) in [5.74, 6) is -2.88. The van der Waals surface area contributed by atoms with Gasteiger partial charge in [0.1, 0.15) is 6.10 Å². The van der Waals surface area contributed by atoms with Gasteiger partial charge in [-0.25, -0.2) is 4.89 Å². The van der Waals surface area contributed by atoms with E-state index in [4.69, 9.17) is 5.26 Å². The van der Waals surface area contributed by atoms with Gasteiger partial charge < -0.3 is 5.11 Å². The second-order valence-electron chi connectivity index (χ2n) is 5.13. The maximum absolute atomic E-state index is 13.0. The fourth-order valence-corrected chi connectivity index (χ4v) is 2.60. The van der Waals surface area contributed by atoms with Crippen LogP contribution in [0, 0.1) is 5.92 Å². The number of halogens is 6. The van der Waals surface area contributed by atoms with Gasteiger partial charge >= 0.3 is 12.4 Å². The molecule has 3 atom stereocenters. The molecule has 1 aromatic rings. The summed E-state index contributed by atoms with van der Waals surface area (Å²) in [6.07, 6.45) is -13.7. The van der Waals surface area contributed by atoms with Gasteiger partial charge in [-0.05, 0) is 24.6 Å². The standard InChI is InChI=1S/C13H10F6O4/c1-4(23-22)8-10(20)6-2-5(12(14,15)16)3-7(13(17,18)19)9(6)11(8)21/h2-4,8,10,20,22H,1H3. The predicted molar refractivity (Wildman–Crippen MR) is 62.4 cm³/mol. The highest BCUT2D eigenvalue weighted by Gasteiger charge is 2.50. The lowest BCUT2D eigenvalue weighted by molar-refractivity contribution is -0.285. The van der Waals surface area contributed by atoms with Crippen LogP contribution in [0.15, 0.2) is 12.1 Å². The van der Waals surface area contributed by atoms with Crippen molar-refractivity contribution in [2.24, 2.45) is 5.92 Å². The van der Waals surface area contributed by atoms with E-state index >= 15 is 0 Å². The monoisotopic (exact) mass is 344 g/mol. The molecule has 0 aliphatic heterocycles. The average Bonchev–Trinajstić information content (AvgIpc) is 2.67. The molecule has 2 N–H and O–H groups in total. The van der Waals surface area contributed by atoms with Crippen LogP contribution in [0.1, 0.15) is 40.1 Å². The van der Waals surface area contributed by atoms with Crippen LogP contribution in [0.3, 0.4) is 0 Å². The van der Waals surface area contributed by atoms with Gasteiger partial charge in [0.2, 0.25) is 0 Å². The Balaban J connectivity index is 2.73. The van der Waals surface area contributed by atoms with Gasteiger partial charge in [-0.1, -0.05) is 0 Å². The van der Waals surface area contributed by atoms with Gasteiger partial charge in [0.05, 0.1) is 23.1 Å². The first kappa shape index (κ1) is 17.7. The minimum atomic E-state index is -5.22.